The van der Waals surface area contributed by atoms with E-state index in [9.17, 15) is 0 Å². The molecule has 4 nitrogen and oxygen atoms in total. The summed E-state index contributed by atoms with van der Waals surface area (Å²) in [5.41, 5.74) is 2.84. The van der Waals surface area contributed by atoms with Gasteiger partial charge in [0.2, 0.25) is 5.96 Å². The molecule has 0 heterocycles. The number of nitrogens with zero attached hydrogens (tertiary/aromatic N) is 2. The summed E-state index contributed by atoms with van der Waals surface area (Å²) in [6.07, 6.45) is 11.7. The molecule has 0 aromatic carbocycles. The monoisotopic (exact) mass is 266 g/mol. The van der Waals surface area contributed by atoms with Gasteiger partial charge in [-0.25, -0.2) is 10.8 Å². The standard InChI is InChI=1S/C15H30N4/c1-12-7-6-10-14(11-12)19(2)15(18-16)17-13-8-4-3-5-9-13/h12-14H,3-11,16H2,1-2H3,(H,17,18). The lowest BCUT2D eigenvalue weighted by Gasteiger charge is -2.36. The van der Waals surface area contributed by atoms with Crippen LogP contribution in [0.4, 0.5) is 0 Å². The van der Waals surface area contributed by atoms with Crippen LogP contribution in [-0.2, 0) is 0 Å². The number of aliphatic imine (C=N–C) groups is 1. The van der Waals surface area contributed by atoms with Gasteiger partial charge in [0.05, 0.1) is 6.04 Å². The summed E-state index contributed by atoms with van der Waals surface area (Å²) >= 11 is 0. The lowest BCUT2D eigenvalue weighted by atomic mass is 9.86. The molecule has 0 aromatic heterocycles. The van der Waals surface area contributed by atoms with Crippen molar-refractivity contribution < 1.29 is 0 Å². The van der Waals surface area contributed by atoms with Gasteiger partial charge in [0.15, 0.2) is 0 Å². The first-order chi connectivity index (χ1) is 9.20. The van der Waals surface area contributed by atoms with Gasteiger partial charge in [-0.1, -0.05) is 39.0 Å². The van der Waals surface area contributed by atoms with E-state index >= 15 is 0 Å². The molecule has 2 aliphatic carbocycles. The molecule has 2 rings (SSSR count). The summed E-state index contributed by atoms with van der Waals surface area (Å²) < 4.78 is 0. The highest BCUT2D eigenvalue weighted by molar-refractivity contribution is 5.79. The van der Waals surface area contributed by atoms with E-state index in [-0.39, 0.29) is 0 Å². The summed E-state index contributed by atoms with van der Waals surface area (Å²) in [7, 11) is 2.14. The van der Waals surface area contributed by atoms with Crippen LogP contribution in [0.5, 0.6) is 0 Å². The van der Waals surface area contributed by atoms with E-state index in [2.05, 4.69) is 24.3 Å². The van der Waals surface area contributed by atoms with E-state index in [1.165, 1.54) is 57.8 Å². The maximum Gasteiger partial charge on any atom is 0.208 e. The molecule has 0 aromatic rings. The van der Waals surface area contributed by atoms with Gasteiger partial charge in [-0.05, 0) is 31.6 Å². The summed E-state index contributed by atoms with van der Waals surface area (Å²) in [4.78, 5) is 7.14. The lowest BCUT2D eigenvalue weighted by molar-refractivity contribution is 0.226. The first kappa shape index (κ1) is 14.6. The van der Waals surface area contributed by atoms with Crippen molar-refractivity contribution in [3.63, 3.8) is 0 Å². The highest BCUT2D eigenvalue weighted by Crippen LogP contribution is 2.27. The molecule has 2 aliphatic rings. The predicted molar refractivity (Wildman–Crippen MR) is 80.8 cm³/mol. The molecule has 0 spiro atoms. The zero-order valence-electron chi connectivity index (χ0n) is 12.6. The van der Waals surface area contributed by atoms with Crippen LogP contribution >= 0.6 is 0 Å². The van der Waals surface area contributed by atoms with Crippen molar-refractivity contribution >= 4 is 5.96 Å². The second-order valence-corrected chi connectivity index (χ2v) is 6.43. The van der Waals surface area contributed by atoms with E-state index in [0.29, 0.717) is 12.1 Å². The molecule has 0 saturated heterocycles. The molecule has 3 N–H and O–H groups in total. The smallest absolute Gasteiger partial charge is 0.208 e. The van der Waals surface area contributed by atoms with Crippen molar-refractivity contribution in [2.24, 2.45) is 16.8 Å². The molecular formula is C15H30N4. The Morgan fingerprint density at radius 2 is 1.84 bits per heavy atom. The summed E-state index contributed by atoms with van der Waals surface area (Å²) in [6.45, 7) is 2.35. The number of nitrogens with one attached hydrogen (secondary N) is 1. The summed E-state index contributed by atoms with van der Waals surface area (Å²) in [5.74, 6) is 7.43. The molecule has 2 saturated carbocycles. The van der Waals surface area contributed by atoms with Crippen molar-refractivity contribution in [1.29, 1.82) is 0 Å². The van der Waals surface area contributed by atoms with Gasteiger partial charge in [0, 0.05) is 13.1 Å². The van der Waals surface area contributed by atoms with Crippen molar-refractivity contribution in [2.75, 3.05) is 7.05 Å². The molecule has 0 bridgehead atoms. The third-order valence-electron chi connectivity index (χ3n) is 4.80. The van der Waals surface area contributed by atoms with Gasteiger partial charge in [-0.2, -0.15) is 0 Å². The Labute approximate surface area is 117 Å². The van der Waals surface area contributed by atoms with Gasteiger partial charge in [0.25, 0.3) is 0 Å². The zero-order chi connectivity index (χ0) is 13.7. The quantitative estimate of drug-likeness (QED) is 0.350. The van der Waals surface area contributed by atoms with E-state index in [1.54, 1.807) is 0 Å². The normalized spacial score (nSPS) is 30.2. The van der Waals surface area contributed by atoms with E-state index < -0.39 is 0 Å². The second-order valence-electron chi connectivity index (χ2n) is 6.43. The Morgan fingerprint density at radius 3 is 2.47 bits per heavy atom. The minimum atomic E-state index is 0.475. The highest BCUT2D eigenvalue weighted by atomic mass is 15.4. The Balaban J connectivity index is 1.96. The van der Waals surface area contributed by atoms with E-state index in [4.69, 9.17) is 10.8 Å². The van der Waals surface area contributed by atoms with Crippen molar-refractivity contribution in [3.05, 3.63) is 0 Å². The summed E-state index contributed by atoms with van der Waals surface area (Å²) in [6, 6.07) is 1.07. The number of hydrogen-bond acceptors (Lipinski definition) is 2. The largest absolute Gasteiger partial charge is 0.342 e. The Morgan fingerprint density at radius 1 is 1.11 bits per heavy atom. The van der Waals surface area contributed by atoms with Crippen LogP contribution in [0, 0.1) is 5.92 Å². The van der Waals surface area contributed by atoms with Gasteiger partial charge in [-0.15, -0.1) is 0 Å². The lowest BCUT2D eigenvalue weighted by Crippen LogP contribution is -2.49. The van der Waals surface area contributed by atoms with Crippen LogP contribution in [0.2, 0.25) is 0 Å². The molecule has 2 unspecified atom stereocenters. The Kier molecular flexibility index (Phi) is 5.49. The van der Waals surface area contributed by atoms with Crippen LogP contribution in [0.25, 0.3) is 0 Å². The van der Waals surface area contributed by atoms with Crippen LogP contribution in [0.1, 0.15) is 64.7 Å². The molecule has 110 valence electrons. The number of hydrazine groups is 1. The van der Waals surface area contributed by atoms with Gasteiger partial charge >= 0.3 is 0 Å². The first-order valence-corrected chi connectivity index (χ1v) is 7.98. The maximum absolute atomic E-state index is 5.71. The van der Waals surface area contributed by atoms with Gasteiger partial charge in [0.1, 0.15) is 0 Å². The third-order valence-corrected chi connectivity index (χ3v) is 4.80. The molecule has 19 heavy (non-hydrogen) atoms. The predicted octanol–water partition coefficient (Wildman–Crippen LogP) is 2.65. The fourth-order valence-corrected chi connectivity index (χ4v) is 3.54. The molecule has 2 fully saturated rings. The second kappa shape index (κ2) is 7.13. The SMILES string of the molecule is CC1CCCC(N(C)C(=NC2CCCCC2)NN)C1. The number of nitrogens with two attached hydrogens (primary N) is 1. The molecular weight excluding hydrogens is 236 g/mol. The van der Waals surface area contributed by atoms with Crippen molar-refractivity contribution in [2.45, 2.75) is 76.8 Å². The van der Waals surface area contributed by atoms with Crippen LogP contribution < -0.4 is 11.3 Å². The average Bonchev–Trinajstić information content (AvgIpc) is 2.45. The molecule has 0 radical (unpaired) electrons. The number of guanidine groups is 1. The first-order valence-electron chi connectivity index (χ1n) is 7.98. The fraction of sp³-hybridized carbons (Fsp3) is 0.933. The minimum Gasteiger partial charge on any atom is -0.342 e. The highest BCUT2D eigenvalue weighted by Gasteiger charge is 2.25. The Bertz CT molecular complexity index is 297. The molecule has 2 atom stereocenters. The van der Waals surface area contributed by atoms with E-state index in [1.807, 2.05) is 0 Å². The molecule has 0 amide bonds. The van der Waals surface area contributed by atoms with Crippen molar-refractivity contribution in [1.82, 2.24) is 10.3 Å². The van der Waals surface area contributed by atoms with Crippen LogP contribution in [0.3, 0.4) is 0 Å². The Hall–Kier alpha value is -0.770. The number of hydrogen-bond donors (Lipinski definition) is 2. The van der Waals surface area contributed by atoms with Gasteiger partial charge in [-0.3, -0.25) is 5.43 Å². The molecule has 0 aliphatic heterocycles. The summed E-state index contributed by atoms with van der Waals surface area (Å²) in [5, 5.41) is 0. The molecule has 4 heteroatoms. The van der Waals surface area contributed by atoms with E-state index in [0.717, 1.165) is 11.9 Å². The van der Waals surface area contributed by atoms with Crippen LogP contribution in [0.15, 0.2) is 4.99 Å². The maximum atomic E-state index is 5.71. The minimum absolute atomic E-state index is 0.475. The third kappa shape index (κ3) is 4.10. The number of rotatable bonds is 2. The van der Waals surface area contributed by atoms with Crippen LogP contribution in [-0.4, -0.2) is 30.0 Å². The zero-order valence-corrected chi connectivity index (χ0v) is 12.6. The fourth-order valence-electron chi connectivity index (χ4n) is 3.54. The van der Waals surface area contributed by atoms with Gasteiger partial charge < -0.3 is 4.90 Å². The topological polar surface area (TPSA) is 53.6 Å². The van der Waals surface area contributed by atoms with Crippen molar-refractivity contribution in [3.8, 4) is 0 Å². The average molecular weight is 266 g/mol.